The number of hydrogen-bond donors (Lipinski definition) is 1. The SMILES string of the molecule is COc1c2c(c(CNC(=O)CC(C)C)c3c1C(=O)N(C)CC3)OCO2. The molecule has 2 heterocycles. The maximum atomic E-state index is 12.7. The van der Waals surface area contributed by atoms with Gasteiger partial charge < -0.3 is 24.4 Å². The van der Waals surface area contributed by atoms with Crippen molar-refractivity contribution in [3.8, 4) is 17.2 Å². The Morgan fingerprint density at radius 2 is 2.04 bits per heavy atom. The van der Waals surface area contributed by atoms with Crippen LogP contribution >= 0.6 is 0 Å². The maximum Gasteiger partial charge on any atom is 0.257 e. The van der Waals surface area contributed by atoms with Gasteiger partial charge in [-0.2, -0.15) is 0 Å². The van der Waals surface area contributed by atoms with Crippen molar-refractivity contribution in [1.82, 2.24) is 10.2 Å². The molecular formula is C18H24N2O5. The third-order valence-corrected chi connectivity index (χ3v) is 4.50. The van der Waals surface area contributed by atoms with Gasteiger partial charge in [0.15, 0.2) is 11.5 Å². The molecule has 3 rings (SSSR count). The summed E-state index contributed by atoms with van der Waals surface area (Å²) in [5.74, 6) is 1.58. The molecule has 0 saturated carbocycles. The van der Waals surface area contributed by atoms with E-state index in [1.54, 1.807) is 11.9 Å². The van der Waals surface area contributed by atoms with Crippen LogP contribution in [-0.4, -0.2) is 44.2 Å². The molecule has 7 heteroatoms. The van der Waals surface area contributed by atoms with Gasteiger partial charge in [0, 0.05) is 32.1 Å². The number of benzene rings is 1. The van der Waals surface area contributed by atoms with Gasteiger partial charge in [0.25, 0.3) is 5.91 Å². The highest BCUT2D eigenvalue weighted by Gasteiger charge is 2.36. The molecule has 2 aliphatic rings. The van der Waals surface area contributed by atoms with Crippen LogP contribution in [0.4, 0.5) is 0 Å². The summed E-state index contributed by atoms with van der Waals surface area (Å²) in [4.78, 5) is 26.4. The van der Waals surface area contributed by atoms with Crippen LogP contribution in [0.5, 0.6) is 17.2 Å². The van der Waals surface area contributed by atoms with Gasteiger partial charge in [-0.05, 0) is 17.9 Å². The van der Waals surface area contributed by atoms with Gasteiger partial charge in [0.05, 0.1) is 12.7 Å². The van der Waals surface area contributed by atoms with E-state index in [0.29, 0.717) is 48.7 Å². The largest absolute Gasteiger partial charge is 0.492 e. The van der Waals surface area contributed by atoms with Gasteiger partial charge in [-0.1, -0.05) is 13.8 Å². The smallest absolute Gasteiger partial charge is 0.257 e. The Bertz CT molecular complexity index is 714. The van der Waals surface area contributed by atoms with Crippen LogP contribution in [0.2, 0.25) is 0 Å². The summed E-state index contributed by atoms with van der Waals surface area (Å²) >= 11 is 0. The van der Waals surface area contributed by atoms with Crippen molar-refractivity contribution < 1.29 is 23.8 Å². The number of ether oxygens (including phenoxy) is 3. The number of rotatable bonds is 5. The summed E-state index contributed by atoms with van der Waals surface area (Å²) in [5, 5.41) is 2.93. The van der Waals surface area contributed by atoms with Crippen molar-refractivity contribution in [2.24, 2.45) is 5.92 Å². The van der Waals surface area contributed by atoms with Crippen LogP contribution in [0.1, 0.15) is 41.8 Å². The molecular weight excluding hydrogens is 324 g/mol. The van der Waals surface area contributed by atoms with Gasteiger partial charge in [-0.25, -0.2) is 0 Å². The number of fused-ring (bicyclic) bond motifs is 2. The highest BCUT2D eigenvalue weighted by Crippen LogP contribution is 2.49. The predicted molar refractivity (Wildman–Crippen MR) is 91.1 cm³/mol. The number of likely N-dealkylation sites (N-methyl/N-ethyl adjacent to an activating group) is 1. The molecule has 0 spiro atoms. The minimum Gasteiger partial charge on any atom is -0.492 e. The maximum absolute atomic E-state index is 12.7. The van der Waals surface area contributed by atoms with Gasteiger partial charge in [0.2, 0.25) is 18.4 Å². The molecule has 2 amide bonds. The number of nitrogens with zero attached hydrogens (tertiary/aromatic N) is 1. The summed E-state index contributed by atoms with van der Waals surface area (Å²) in [6.07, 6.45) is 1.14. The van der Waals surface area contributed by atoms with E-state index in [0.717, 1.165) is 11.1 Å². The highest BCUT2D eigenvalue weighted by molar-refractivity contribution is 6.01. The zero-order valence-electron chi connectivity index (χ0n) is 15.1. The normalized spacial score (nSPS) is 15.4. The van der Waals surface area contributed by atoms with Crippen molar-refractivity contribution in [3.63, 3.8) is 0 Å². The molecule has 25 heavy (non-hydrogen) atoms. The molecule has 0 aromatic heterocycles. The molecule has 0 bridgehead atoms. The average Bonchev–Trinajstić information content (AvgIpc) is 3.03. The summed E-state index contributed by atoms with van der Waals surface area (Å²) in [6, 6.07) is 0. The van der Waals surface area contributed by atoms with Gasteiger partial charge in [-0.15, -0.1) is 0 Å². The Balaban J connectivity index is 2.02. The van der Waals surface area contributed by atoms with Crippen LogP contribution in [-0.2, 0) is 17.8 Å². The lowest BCUT2D eigenvalue weighted by molar-refractivity contribution is -0.121. The molecule has 0 unspecified atom stereocenters. The molecule has 7 nitrogen and oxygen atoms in total. The average molecular weight is 348 g/mol. The minimum atomic E-state index is -0.105. The van der Waals surface area contributed by atoms with E-state index in [1.807, 2.05) is 13.8 Å². The Morgan fingerprint density at radius 3 is 2.72 bits per heavy atom. The number of nitrogens with one attached hydrogen (secondary N) is 1. The van der Waals surface area contributed by atoms with Crippen molar-refractivity contribution >= 4 is 11.8 Å². The van der Waals surface area contributed by atoms with Crippen molar-refractivity contribution in [1.29, 1.82) is 0 Å². The monoisotopic (exact) mass is 348 g/mol. The van der Waals surface area contributed by atoms with E-state index in [1.165, 1.54) is 7.11 Å². The van der Waals surface area contributed by atoms with Crippen molar-refractivity contribution in [2.45, 2.75) is 33.2 Å². The number of methoxy groups -OCH3 is 1. The van der Waals surface area contributed by atoms with Crippen LogP contribution in [0.15, 0.2) is 0 Å². The predicted octanol–water partition coefficient (Wildman–Crippen LogP) is 1.71. The molecule has 2 aliphatic heterocycles. The first-order valence-electron chi connectivity index (χ1n) is 8.47. The van der Waals surface area contributed by atoms with E-state index in [-0.39, 0.29) is 24.5 Å². The summed E-state index contributed by atoms with van der Waals surface area (Å²) in [6.45, 7) is 4.99. The molecule has 0 atom stereocenters. The third-order valence-electron chi connectivity index (χ3n) is 4.50. The van der Waals surface area contributed by atoms with Gasteiger partial charge in [-0.3, -0.25) is 9.59 Å². The fraction of sp³-hybridized carbons (Fsp3) is 0.556. The lowest BCUT2D eigenvalue weighted by atomic mass is 9.91. The number of carbonyl (C=O) groups excluding carboxylic acids is 2. The van der Waals surface area contributed by atoms with Crippen LogP contribution in [0.25, 0.3) is 0 Å². The Morgan fingerprint density at radius 1 is 1.32 bits per heavy atom. The zero-order valence-corrected chi connectivity index (χ0v) is 15.1. The third kappa shape index (κ3) is 3.10. The second-order valence-electron chi connectivity index (χ2n) is 6.78. The fourth-order valence-corrected chi connectivity index (χ4v) is 3.30. The van der Waals surface area contributed by atoms with Crippen molar-refractivity contribution in [3.05, 3.63) is 16.7 Å². The van der Waals surface area contributed by atoms with Crippen LogP contribution in [0.3, 0.4) is 0 Å². The number of carbonyl (C=O) groups is 2. The highest BCUT2D eigenvalue weighted by atomic mass is 16.7. The molecule has 0 radical (unpaired) electrons. The van der Waals surface area contributed by atoms with Crippen molar-refractivity contribution in [2.75, 3.05) is 27.5 Å². The van der Waals surface area contributed by atoms with Gasteiger partial charge in [0.1, 0.15) is 0 Å². The molecule has 0 fully saturated rings. The minimum absolute atomic E-state index is 0.0218. The second-order valence-corrected chi connectivity index (χ2v) is 6.78. The van der Waals surface area contributed by atoms with E-state index >= 15 is 0 Å². The zero-order chi connectivity index (χ0) is 18.1. The van der Waals surface area contributed by atoms with Crippen LogP contribution < -0.4 is 19.5 Å². The topological polar surface area (TPSA) is 77.1 Å². The summed E-state index contributed by atoms with van der Waals surface area (Å²) in [5.41, 5.74) is 2.18. The van der Waals surface area contributed by atoms with E-state index in [9.17, 15) is 9.59 Å². The second kappa shape index (κ2) is 6.82. The van der Waals surface area contributed by atoms with E-state index in [4.69, 9.17) is 14.2 Å². The quantitative estimate of drug-likeness (QED) is 0.877. The molecule has 1 N–H and O–H groups in total. The van der Waals surface area contributed by atoms with Gasteiger partial charge >= 0.3 is 0 Å². The van der Waals surface area contributed by atoms with E-state index < -0.39 is 0 Å². The summed E-state index contributed by atoms with van der Waals surface area (Å²) in [7, 11) is 3.28. The molecule has 1 aromatic rings. The molecule has 0 aliphatic carbocycles. The fourth-order valence-electron chi connectivity index (χ4n) is 3.30. The number of hydrogen-bond acceptors (Lipinski definition) is 5. The first kappa shape index (κ1) is 17.4. The lowest BCUT2D eigenvalue weighted by Gasteiger charge is -2.29. The summed E-state index contributed by atoms with van der Waals surface area (Å²) < 4.78 is 16.7. The number of amides is 2. The van der Waals surface area contributed by atoms with E-state index in [2.05, 4.69) is 5.32 Å². The Labute approximate surface area is 147 Å². The van der Waals surface area contributed by atoms with Crippen LogP contribution in [0, 0.1) is 5.92 Å². The standard InChI is InChI=1S/C18H24N2O5/c1-10(2)7-13(21)19-8-12-11-5-6-20(3)18(22)14(11)16(23-4)17-15(12)24-9-25-17/h10H,5-9H2,1-4H3,(H,19,21). The first-order valence-corrected chi connectivity index (χ1v) is 8.47. The molecule has 1 aromatic carbocycles. The molecule has 0 saturated heterocycles. The Hall–Kier alpha value is -2.44. The Kier molecular flexibility index (Phi) is 4.74. The lowest BCUT2D eigenvalue weighted by Crippen LogP contribution is -2.36. The molecule has 136 valence electrons. The first-order chi connectivity index (χ1) is 11.9.